The summed E-state index contributed by atoms with van der Waals surface area (Å²) in [6, 6.07) is 2.75. The number of likely N-dealkylation sites (tertiary alicyclic amines) is 1. The van der Waals surface area contributed by atoms with Gasteiger partial charge in [0.25, 0.3) is 5.91 Å². The van der Waals surface area contributed by atoms with E-state index >= 15 is 0 Å². The number of nitrogens with one attached hydrogen (secondary N) is 1. The number of rotatable bonds is 4. The zero-order chi connectivity index (χ0) is 20.2. The molecule has 2 aliphatic rings. The van der Waals surface area contributed by atoms with E-state index in [1.807, 2.05) is 7.05 Å². The van der Waals surface area contributed by atoms with E-state index in [-0.39, 0.29) is 17.5 Å². The van der Waals surface area contributed by atoms with Crippen LogP contribution >= 0.6 is 0 Å². The van der Waals surface area contributed by atoms with Crippen molar-refractivity contribution in [1.29, 1.82) is 5.26 Å². The summed E-state index contributed by atoms with van der Waals surface area (Å²) < 4.78 is 0. The monoisotopic (exact) mass is 388 g/mol. The summed E-state index contributed by atoms with van der Waals surface area (Å²) in [5, 5.41) is 13.0. The Morgan fingerprint density at radius 3 is 1.96 bits per heavy atom. The number of nitrogens with zero attached hydrogens (tertiary/aromatic N) is 3. The number of nitriles is 1. The molecule has 1 heterocycles. The van der Waals surface area contributed by atoms with Crippen molar-refractivity contribution in [2.75, 3.05) is 27.2 Å². The Balaban J connectivity index is 1.89. The molecule has 2 fully saturated rings. The third-order valence-electron chi connectivity index (χ3n) is 6.48. The number of likely N-dealkylation sites (N-methyl/N-ethyl adjacent to an activating group) is 1. The molecular formula is C23H40N4O. The number of carbonyl (C=O) groups excluding carboxylic acids is 1. The summed E-state index contributed by atoms with van der Waals surface area (Å²) in [5.41, 5.74) is 0.243. The minimum atomic E-state index is -0.141. The Kier molecular flexibility index (Phi) is 10.4. The Morgan fingerprint density at radius 2 is 1.46 bits per heavy atom. The fourth-order valence-corrected chi connectivity index (χ4v) is 4.41. The molecule has 158 valence electrons. The van der Waals surface area contributed by atoms with Crippen molar-refractivity contribution in [3.05, 3.63) is 11.8 Å². The van der Waals surface area contributed by atoms with E-state index in [1.54, 1.807) is 11.1 Å². The van der Waals surface area contributed by atoms with Crippen molar-refractivity contribution in [3.8, 4) is 6.07 Å². The summed E-state index contributed by atoms with van der Waals surface area (Å²) in [4.78, 5) is 16.9. The van der Waals surface area contributed by atoms with Gasteiger partial charge in [0.1, 0.15) is 11.6 Å². The van der Waals surface area contributed by atoms with Crippen LogP contribution in [0.15, 0.2) is 11.8 Å². The molecule has 2 rings (SSSR count). The first-order valence-electron chi connectivity index (χ1n) is 11.4. The lowest BCUT2D eigenvalue weighted by atomic mass is 9.98. The summed E-state index contributed by atoms with van der Waals surface area (Å²) in [7, 11) is 3.96. The fourth-order valence-electron chi connectivity index (χ4n) is 4.41. The molecule has 0 aromatic carbocycles. The van der Waals surface area contributed by atoms with E-state index in [2.05, 4.69) is 23.3 Å². The van der Waals surface area contributed by atoms with Crippen LogP contribution in [0, 0.1) is 11.3 Å². The zero-order valence-electron chi connectivity index (χ0n) is 18.1. The van der Waals surface area contributed by atoms with Gasteiger partial charge in [0.05, 0.1) is 0 Å². The topological polar surface area (TPSA) is 59.4 Å². The molecule has 0 bridgehead atoms. The smallest absolute Gasteiger partial charge is 0.265 e. The molecule has 0 spiro atoms. The van der Waals surface area contributed by atoms with Gasteiger partial charge in [-0.3, -0.25) is 4.79 Å². The fraction of sp³-hybridized carbons (Fsp3) is 0.826. The van der Waals surface area contributed by atoms with Crippen LogP contribution in [-0.2, 0) is 4.79 Å². The SMILES string of the molecule is CN1CCC(N(C)C(=O)/C(C#N)=C\NC2CCCCCCCCCCC2)CC1. The number of hydrogen-bond acceptors (Lipinski definition) is 4. The number of carbonyl (C=O) groups is 1. The van der Waals surface area contributed by atoms with E-state index in [0.717, 1.165) is 38.8 Å². The molecule has 28 heavy (non-hydrogen) atoms. The number of piperidine rings is 1. The first kappa shape index (κ1) is 22.7. The van der Waals surface area contributed by atoms with Gasteiger partial charge in [0, 0.05) is 25.3 Å². The van der Waals surface area contributed by atoms with Crippen LogP contribution in [0.5, 0.6) is 0 Å². The molecule has 0 aromatic heterocycles. The summed E-state index contributed by atoms with van der Waals surface area (Å²) >= 11 is 0. The highest BCUT2D eigenvalue weighted by molar-refractivity contribution is 5.97. The maximum atomic E-state index is 12.8. The lowest BCUT2D eigenvalue weighted by Gasteiger charge is -2.35. The Bertz CT molecular complexity index is 519. The highest BCUT2D eigenvalue weighted by Crippen LogP contribution is 2.18. The lowest BCUT2D eigenvalue weighted by Crippen LogP contribution is -2.45. The molecule has 0 aromatic rings. The third kappa shape index (κ3) is 7.83. The Hall–Kier alpha value is -1.54. The van der Waals surface area contributed by atoms with Crippen molar-refractivity contribution in [3.63, 3.8) is 0 Å². The normalized spacial score (nSPS) is 22.5. The lowest BCUT2D eigenvalue weighted by molar-refractivity contribution is -0.128. The second-order valence-corrected chi connectivity index (χ2v) is 8.74. The molecule has 0 atom stereocenters. The van der Waals surface area contributed by atoms with E-state index in [4.69, 9.17) is 0 Å². The van der Waals surface area contributed by atoms with Crippen LogP contribution in [0.3, 0.4) is 0 Å². The van der Waals surface area contributed by atoms with Gasteiger partial charge in [-0.2, -0.15) is 5.26 Å². The van der Waals surface area contributed by atoms with Crippen molar-refractivity contribution in [2.45, 2.75) is 95.6 Å². The zero-order valence-corrected chi connectivity index (χ0v) is 18.1. The largest absolute Gasteiger partial charge is 0.387 e. The molecule has 0 radical (unpaired) electrons. The first-order chi connectivity index (χ1) is 13.6. The molecular weight excluding hydrogens is 348 g/mol. The first-order valence-corrected chi connectivity index (χ1v) is 11.4. The highest BCUT2D eigenvalue weighted by Gasteiger charge is 2.26. The average molecular weight is 389 g/mol. The van der Waals surface area contributed by atoms with Gasteiger partial charge in [-0.1, -0.05) is 57.8 Å². The second kappa shape index (κ2) is 12.8. The highest BCUT2D eigenvalue weighted by atomic mass is 16.2. The third-order valence-corrected chi connectivity index (χ3v) is 6.48. The Labute approximate surface area is 172 Å². The summed E-state index contributed by atoms with van der Waals surface area (Å²) in [6.45, 7) is 2.02. The van der Waals surface area contributed by atoms with Crippen molar-refractivity contribution in [2.24, 2.45) is 0 Å². The molecule has 1 aliphatic heterocycles. The minimum absolute atomic E-state index is 0.141. The van der Waals surface area contributed by atoms with Crippen LogP contribution in [0.4, 0.5) is 0 Å². The van der Waals surface area contributed by atoms with Crippen LogP contribution in [-0.4, -0.2) is 55.0 Å². The molecule has 1 saturated carbocycles. The second-order valence-electron chi connectivity index (χ2n) is 8.74. The van der Waals surface area contributed by atoms with Gasteiger partial charge >= 0.3 is 0 Å². The summed E-state index contributed by atoms with van der Waals surface area (Å²) in [6.07, 6.45) is 17.8. The molecule has 1 aliphatic carbocycles. The van der Waals surface area contributed by atoms with E-state index < -0.39 is 0 Å². The van der Waals surface area contributed by atoms with Gasteiger partial charge in [0.15, 0.2) is 0 Å². The van der Waals surface area contributed by atoms with Gasteiger partial charge in [0.2, 0.25) is 0 Å². The molecule has 5 heteroatoms. The predicted molar refractivity (Wildman–Crippen MR) is 115 cm³/mol. The van der Waals surface area contributed by atoms with Crippen molar-refractivity contribution < 1.29 is 4.79 Å². The summed E-state index contributed by atoms with van der Waals surface area (Å²) in [5.74, 6) is -0.141. The van der Waals surface area contributed by atoms with E-state index in [1.165, 1.54) is 57.8 Å². The average Bonchev–Trinajstić information content (AvgIpc) is 2.69. The molecule has 1 saturated heterocycles. The van der Waals surface area contributed by atoms with Crippen LogP contribution < -0.4 is 5.32 Å². The number of amides is 1. The van der Waals surface area contributed by atoms with E-state index in [0.29, 0.717) is 6.04 Å². The van der Waals surface area contributed by atoms with Crippen LogP contribution in [0.2, 0.25) is 0 Å². The van der Waals surface area contributed by atoms with Gasteiger partial charge < -0.3 is 15.1 Å². The maximum Gasteiger partial charge on any atom is 0.265 e. The molecule has 0 unspecified atom stereocenters. The van der Waals surface area contributed by atoms with Crippen molar-refractivity contribution >= 4 is 5.91 Å². The van der Waals surface area contributed by atoms with Gasteiger partial charge in [-0.25, -0.2) is 0 Å². The quantitative estimate of drug-likeness (QED) is 0.579. The van der Waals surface area contributed by atoms with Crippen LogP contribution in [0.1, 0.15) is 83.5 Å². The predicted octanol–water partition coefficient (Wildman–Crippen LogP) is 4.21. The molecule has 1 N–H and O–H groups in total. The van der Waals surface area contributed by atoms with Gasteiger partial charge in [-0.05, 0) is 45.8 Å². The van der Waals surface area contributed by atoms with Crippen molar-refractivity contribution in [1.82, 2.24) is 15.1 Å². The van der Waals surface area contributed by atoms with Crippen LogP contribution in [0.25, 0.3) is 0 Å². The minimum Gasteiger partial charge on any atom is -0.387 e. The molecule has 5 nitrogen and oxygen atoms in total. The van der Waals surface area contributed by atoms with E-state index in [9.17, 15) is 10.1 Å². The maximum absolute atomic E-state index is 12.8. The molecule has 1 amide bonds. The Morgan fingerprint density at radius 1 is 0.964 bits per heavy atom. The number of hydrogen-bond donors (Lipinski definition) is 1. The van der Waals surface area contributed by atoms with Gasteiger partial charge in [-0.15, -0.1) is 0 Å². The standard InChI is InChI=1S/C23H40N4O/c1-26-16-14-22(15-17-26)27(2)23(28)20(18-24)19-25-21-12-10-8-6-4-3-5-7-9-11-13-21/h19,21-22,25H,3-17H2,1-2H3/b20-19-.